The minimum Gasteiger partial charge on any atom is -0.393 e. The summed E-state index contributed by atoms with van der Waals surface area (Å²) >= 11 is 0. The van der Waals surface area contributed by atoms with Gasteiger partial charge in [0, 0.05) is 0 Å². The van der Waals surface area contributed by atoms with Crippen LogP contribution in [0.25, 0.3) is 0 Å². The summed E-state index contributed by atoms with van der Waals surface area (Å²) in [5, 5.41) is 9.92. The predicted molar refractivity (Wildman–Crippen MR) is 54.5 cm³/mol. The lowest BCUT2D eigenvalue weighted by molar-refractivity contribution is 0.123. The second kappa shape index (κ2) is 4.00. The van der Waals surface area contributed by atoms with Gasteiger partial charge in [-0.15, -0.1) is 0 Å². The first-order valence-electron chi connectivity index (χ1n) is 6.02. The first kappa shape index (κ1) is 9.51. The highest BCUT2D eigenvalue weighted by Gasteiger charge is 2.55. The zero-order chi connectivity index (χ0) is 9.26. The lowest BCUT2D eigenvalue weighted by Crippen LogP contribution is -2.12. The van der Waals surface area contributed by atoms with Gasteiger partial charge < -0.3 is 5.11 Å². The summed E-state index contributed by atoms with van der Waals surface area (Å²) < 4.78 is 0. The van der Waals surface area contributed by atoms with Gasteiger partial charge in [-0.2, -0.15) is 0 Å². The van der Waals surface area contributed by atoms with Crippen LogP contribution in [0.3, 0.4) is 0 Å². The Bertz CT molecular complexity index is 157. The third-order valence-electron chi connectivity index (χ3n) is 4.02. The SMILES string of the molecule is CCCCCC(O)C1C2CCCC21. The molecular formula is C12H22O. The Kier molecular flexibility index (Phi) is 2.92. The van der Waals surface area contributed by atoms with E-state index in [1.165, 1.54) is 38.5 Å². The standard InChI is InChI=1S/C12H22O/c1-2-3-4-8-11(13)12-9-6-5-7-10(9)12/h9-13H,2-8H2,1H3. The van der Waals surface area contributed by atoms with Gasteiger partial charge >= 0.3 is 0 Å². The fourth-order valence-corrected chi connectivity index (χ4v) is 3.24. The Balaban J connectivity index is 1.65. The van der Waals surface area contributed by atoms with Gasteiger partial charge in [0.2, 0.25) is 0 Å². The van der Waals surface area contributed by atoms with Gasteiger partial charge in [-0.05, 0) is 37.0 Å². The second-order valence-corrected chi connectivity index (χ2v) is 4.90. The number of aliphatic hydroxyl groups is 1. The number of unbranched alkanes of at least 4 members (excludes halogenated alkanes) is 2. The van der Waals surface area contributed by atoms with Gasteiger partial charge in [0.1, 0.15) is 0 Å². The van der Waals surface area contributed by atoms with Crippen molar-refractivity contribution in [1.29, 1.82) is 0 Å². The van der Waals surface area contributed by atoms with E-state index in [9.17, 15) is 5.11 Å². The van der Waals surface area contributed by atoms with Crippen LogP contribution in [0.1, 0.15) is 51.9 Å². The molecule has 0 aromatic carbocycles. The molecule has 76 valence electrons. The molecule has 2 rings (SSSR count). The van der Waals surface area contributed by atoms with Crippen molar-refractivity contribution in [2.24, 2.45) is 17.8 Å². The molecule has 0 amide bonds. The highest BCUT2D eigenvalue weighted by atomic mass is 16.3. The van der Waals surface area contributed by atoms with E-state index in [2.05, 4.69) is 6.92 Å². The number of fused-ring (bicyclic) bond motifs is 1. The molecule has 2 fully saturated rings. The maximum atomic E-state index is 9.92. The summed E-state index contributed by atoms with van der Waals surface area (Å²) in [7, 11) is 0. The zero-order valence-electron chi connectivity index (χ0n) is 8.71. The lowest BCUT2D eigenvalue weighted by atomic mass is 10.0. The van der Waals surface area contributed by atoms with Gasteiger partial charge in [-0.3, -0.25) is 0 Å². The van der Waals surface area contributed by atoms with Gasteiger partial charge in [-0.1, -0.05) is 32.6 Å². The first-order chi connectivity index (χ1) is 6.34. The topological polar surface area (TPSA) is 20.2 Å². The third-order valence-corrected chi connectivity index (χ3v) is 4.02. The molecule has 0 aromatic rings. The van der Waals surface area contributed by atoms with E-state index in [0.717, 1.165) is 18.3 Å². The van der Waals surface area contributed by atoms with Crippen molar-refractivity contribution in [2.75, 3.05) is 0 Å². The molecular weight excluding hydrogens is 160 g/mol. The third kappa shape index (κ3) is 1.90. The van der Waals surface area contributed by atoms with Crippen molar-refractivity contribution in [3.63, 3.8) is 0 Å². The zero-order valence-corrected chi connectivity index (χ0v) is 8.71. The number of rotatable bonds is 5. The average Bonchev–Trinajstić information content (AvgIpc) is 2.61. The first-order valence-corrected chi connectivity index (χ1v) is 6.02. The lowest BCUT2D eigenvalue weighted by Gasteiger charge is -2.11. The van der Waals surface area contributed by atoms with Crippen molar-refractivity contribution < 1.29 is 5.11 Å². The molecule has 2 aliphatic rings. The van der Waals surface area contributed by atoms with Gasteiger partial charge in [-0.25, -0.2) is 0 Å². The Labute approximate surface area is 81.5 Å². The van der Waals surface area contributed by atoms with Crippen molar-refractivity contribution in [3.05, 3.63) is 0 Å². The number of aliphatic hydroxyl groups excluding tert-OH is 1. The largest absolute Gasteiger partial charge is 0.393 e. The maximum Gasteiger partial charge on any atom is 0.0573 e. The van der Waals surface area contributed by atoms with Gasteiger partial charge in [0.15, 0.2) is 0 Å². The fraction of sp³-hybridized carbons (Fsp3) is 1.00. The molecule has 0 bridgehead atoms. The Hall–Kier alpha value is -0.0400. The molecule has 3 atom stereocenters. The van der Waals surface area contributed by atoms with E-state index >= 15 is 0 Å². The molecule has 0 saturated heterocycles. The van der Waals surface area contributed by atoms with E-state index in [-0.39, 0.29) is 6.10 Å². The summed E-state index contributed by atoms with van der Waals surface area (Å²) in [4.78, 5) is 0. The molecule has 3 unspecified atom stereocenters. The van der Waals surface area contributed by atoms with Crippen LogP contribution >= 0.6 is 0 Å². The molecule has 0 heterocycles. The van der Waals surface area contributed by atoms with Crippen LogP contribution in [-0.2, 0) is 0 Å². The van der Waals surface area contributed by atoms with Crippen molar-refractivity contribution in [2.45, 2.75) is 58.0 Å². The highest BCUT2D eigenvalue weighted by Crippen LogP contribution is 2.59. The van der Waals surface area contributed by atoms with E-state index in [0.29, 0.717) is 5.92 Å². The fourth-order valence-electron chi connectivity index (χ4n) is 3.24. The van der Waals surface area contributed by atoms with E-state index in [1.807, 2.05) is 0 Å². The molecule has 0 spiro atoms. The minimum atomic E-state index is 0.0434. The van der Waals surface area contributed by atoms with Crippen LogP contribution in [0.4, 0.5) is 0 Å². The number of hydrogen-bond acceptors (Lipinski definition) is 1. The molecule has 1 heteroatoms. The summed E-state index contributed by atoms with van der Waals surface area (Å²) in [6, 6.07) is 0. The van der Waals surface area contributed by atoms with Gasteiger partial charge in [0.05, 0.1) is 6.10 Å². The van der Waals surface area contributed by atoms with E-state index in [1.54, 1.807) is 0 Å². The van der Waals surface area contributed by atoms with E-state index < -0.39 is 0 Å². The molecule has 1 nitrogen and oxygen atoms in total. The Morgan fingerprint density at radius 2 is 1.92 bits per heavy atom. The summed E-state index contributed by atoms with van der Waals surface area (Å²) in [5.41, 5.74) is 0. The molecule has 0 radical (unpaired) electrons. The van der Waals surface area contributed by atoms with Crippen LogP contribution in [0.2, 0.25) is 0 Å². The summed E-state index contributed by atoms with van der Waals surface area (Å²) in [6.07, 6.45) is 9.12. The van der Waals surface area contributed by atoms with Crippen LogP contribution in [0.15, 0.2) is 0 Å². The maximum absolute atomic E-state index is 9.92. The van der Waals surface area contributed by atoms with Crippen LogP contribution in [0, 0.1) is 17.8 Å². The van der Waals surface area contributed by atoms with Crippen LogP contribution in [0.5, 0.6) is 0 Å². The number of hydrogen-bond donors (Lipinski definition) is 1. The summed E-state index contributed by atoms with van der Waals surface area (Å²) in [6.45, 7) is 2.22. The Morgan fingerprint density at radius 3 is 2.54 bits per heavy atom. The normalized spacial score (nSPS) is 38.8. The highest BCUT2D eigenvalue weighted by molar-refractivity contribution is 5.03. The van der Waals surface area contributed by atoms with Crippen molar-refractivity contribution in [3.8, 4) is 0 Å². The van der Waals surface area contributed by atoms with Crippen molar-refractivity contribution in [1.82, 2.24) is 0 Å². The average molecular weight is 182 g/mol. The molecule has 2 aliphatic carbocycles. The quantitative estimate of drug-likeness (QED) is 0.648. The smallest absolute Gasteiger partial charge is 0.0573 e. The molecule has 0 aliphatic heterocycles. The molecule has 0 aromatic heterocycles. The molecule has 2 saturated carbocycles. The van der Waals surface area contributed by atoms with E-state index in [4.69, 9.17) is 0 Å². The summed E-state index contributed by atoms with van der Waals surface area (Å²) in [5.74, 6) is 2.57. The molecule has 1 N–H and O–H groups in total. The van der Waals surface area contributed by atoms with Crippen LogP contribution in [-0.4, -0.2) is 11.2 Å². The Morgan fingerprint density at radius 1 is 1.23 bits per heavy atom. The second-order valence-electron chi connectivity index (χ2n) is 4.90. The van der Waals surface area contributed by atoms with Gasteiger partial charge in [0.25, 0.3) is 0 Å². The minimum absolute atomic E-state index is 0.0434. The van der Waals surface area contributed by atoms with Crippen LogP contribution < -0.4 is 0 Å². The van der Waals surface area contributed by atoms with Crippen molar-refractivity contribution >= 4 is 0 Å². The molecule has 13 heavy (non-hydrogen) atoms. The monoisotopic (exact) mass is 182 g/mol. The predicted octanol–water partition coefficient (Wildman–Crippen LogP) is 2.97.